The highest BCUT2D eigenvalue weighted by Gasteiger charge is 2.33. The Balaban J connectivity index is 2.83. The second-order valence-corrected chi connectivity index (χ2v) is 3.99. The monoisotopic (exact) mass is 180 g/mol. The van der Waals surface area contributed by atoms with Crippen LogP contribution in [0.15, 0.2) is 23.8 Å². The van der Waals surface area contributed by atoms with Crippen LogP contribution in [0.2, 0.25) is 0 Å². The molecule has 0 amide bonds. The van der Waals surface area contributed by atoms with Crippen LogP contribution in [0.25, 0.3) is 0 Å². The Morgan fingerprint density at radius 3 is 2.69 bits per heavy atom. The lowest BCUT2D eigenvalue weighted by molar-refractivity contribution is -0.147. The van der Waals surface area contributed by atoms with Gasteiger partial charge in [0.05, 0.1) is 0 Å². The summed E-state index contributed by atoms with van der Waals surface area (Å²) in [6.07, 6.45) is 5.79. The fourth-order valence-electron chi connectivity index (χ4n) is 1.35. The van der Waals surface area contributed by atoms with Crippen molar-refractivity contribution in [2.45, 2.75) is 33.8 Å². The van der Waals surface area contributed by atoms with Crippen LogP contribution in [0.3, 0.4) is 0 Å². The molecule has 2 heteroatoms. The average molecular weight is 180 g/mol. The maximum absolute atomic E-state index is 10.8. The first-order valence-electron chi connectivity index (χ1n) is 4.47. The van der Waals surface area contributed by atoms with E-state index in [9.17, 15) is 4.79 Å². The van der Waals surface area contributed by atoms with Gasteiger partial charge in [0, 0.05) is 12.3 Å². The molecule has 72 valence electrons. The Kier molecular flexibility index (Phi) is 2.60. The van der Waals surface area contributed by atoms with Gasteiger partial charge in [0.1, 0.15) is 6.10 Å². The molecule has 0 saturated carbocycles. The minimum Gasteiger partial charge on any atom is -0.457 e. The number of rotatable bonds is 1. The van der Waals surface area contributed by atoms with Crippen molar-refractivity contribution < 1.29 is 9.53 Å². The normalized spacial score (nSPS) is 25.2. The van der Waals surface area contributed by atoms with E-state index < -0.39 is 0 Å². The Morgan fingerprint density at radius 1 is 1.54 bits per heavy atom. The SMILES string of the molecule is CC(=O)OC1C=CC=C(C)C1(C)C. The molecule has 1 aliphatic carbocycles. The van der Waals surface area contributed by atoms with Crippen LogP contribution in [0.4, 0.5) is 0 Å². The summed E-state index contributed by atoms with van der Waals surface area (Å²) in [5.41, 5.74) is 1.15. The summed E-state index contributed by atoms with van der Waals surface area (Å²) in [6.45, 7) is 7.66. The molecule has 0 N–H and O–H groups in total. The van der Waals surface area contributed by atoms with Crippen molar-refractivity contribution in [3.05, 3.63) is 23.8 Å². The molecule has 0 heterocycles. The number of ether oxygens (including phenoxy) is 1. The Labute approximate surface area is 79.3 Å². The molecular formula is C11H16O2. The number of carbonyl (C=O) groups excluding carboxylic acids is 1. The fraction of sp³-hybridized carbons (Fsp3) is 0.545. The van der Waals surface area contributed by atoms with Crippen LogP contribution in [0.5, 0.6) is 0 Å². The number of hydrogen-bond donors (Lipinski definition) is 0. The molecule has 13 heavy (non-hydrogen) atoms. The first kappa shape index (κ1) is 10.0. The molecule has 0 bridgehead atoms. The molecule has 1 unspecified atom stereocenters. The van der Waals surface area contributed by atoms with Crippen LogP contribution in [0, 0.1) is 5.41 Å². The highest BCUT2D eigenvalue weighted by atomic mass is 16.5. The Hall–Kier alpha value is -1.05. The topological polar surface area (TPSA) is 26.3 Å². The van der Waals surface area contributed by atoms with Gasteiger partial charge < -0.3 is 4.74 Å². The quantitative estimate of drug-likeness (QED) is 0.579. The first-order valence-corrected chi connectivity index (χ1v) is 4.47. The standard InChI is InChI=1S/C11H16O2/c1-8-6-5-7-10(11(8,3)4)13-9(2)12/h5-7,10H,1-4H3. The van der Waals surface area contributed by atoms with Gasteiger partial charge in [-0.1, -0.05) is 31.6 Å². The molecule has 1 rings (SSSR count). The molecule has 0 spiro atoms. The van der Waals surface area contributed by atoms with Crippen molar-refractivity contribution >= 4 is 5.97 Å². The Morgan fingerprint density at radius 2 is 2.15 bits per heavy atom. The Bertz CT molecular complexity index is 272. The van der Waals surface area contributed by atoms with Gasteiger partial charge in [0.25, 0.3) is 0 Å². The third kappa shape index (κ3) is 2.00. The average Bonchev–Trinajstić information content (AvgIpc) is 1.99. The molecule has 0 aromatic carbocycles. The third-order valence-corrected chi connectivity index (χ3v) is 2.65. The summed E-state index contributed by atoms with van der Waals surface area (Å²) in [5, 5.41) is 0. The molecule has 1 atom stereocenters. The first-order chi connectivity index (χ1) is 5.94. The zero-order valence-electron chi connectivity index (χ0n) is 8.63. The van der Waals surface area contributed by atoms with Crippen molar-refractivity contribution in [1.29, 1.82) is 0 Å². The molecule has 0 radical (unpaired) electrons. The summed E-state index contributed by atoms with van der Waals surface area (Å²) in [5.74, 6) is -0.225. The molecular weight excluding hydrogens is 164 g/mol. The van der Waals surface area contributed by atoms with E-state index in [1.54, 1.807) is 0 Å². The molecule has 0 fully saturated rings. The van der Waals surface area contributed by atoms with Crippen molar-refractivity contribution in [2.75, 3.05) is 0 Å². The van der Waals surface area contributed by atoms with Gasteiger partial charge in [-0.15, -0.1) is 0 Å². The van der Waals surface area contributed by atoms with Crippen molar-refractivity contribution in [1.82, 2.24) is 0 Å². The van der Waals surface area contributed by atoms with Gasteiger partial charge in [0.2, 0.25) is 0 Å². The van der Waals surface area contributed by atoms with Crippen LogP contribution in [-0.2, 0) is 9.53 Å². The van der Waals surface area contributed by atoms with Crippen LogP contribution in [0.1, 0.15) is 27.7 Å². The predicted octanol–water partition coefficient (Wildman–Crippen LogP) is 2.46. The zero-order chi connectivity index (χ0) is 10.1. The van der Waals surface area contributed by atoms with Crippen LogP contribution >= 0.6 is 0 Å². The predicted molar refractivity (Wildman–Crippen MR) is 52.2 cm³/mol. The highest BCUT2D eigenvalue weighted by Crippen LogP contribution is 2.35. The molecule has 0 saturated heterocycles. The van der Waals surface area contributed by atoms with Gasteiger partial charge in [-0.3, -0.25) is 4.79 Å². The van der Waals surface area contributed by atoms with Crippen molar-refractivity contribution in [2.24, 2.45) is 5.41 Å². The van der Waals surface area contributed by atoms with Crippen LogP contribution in [-0.4, -0.2) is 12.1 Å². The molecule has 0 aliphatic heterocycles. The smallest absolute Gasteiger partial charge is 0.303 e. The summed E-state index contributed by atoms with van der Waals surface area (Å²) >= 11 is 0. The van der Waals surface area contributed by atoms with E-state index in [1.165, 1.54) is 12.5 Å². The van der Waals surface area contributed by atoms with E-state index in [4.69, 9.17) is 4.74 Å². The molecule has 0 aromatic rings. The number of allylic oxidation sites excluding steroid dienone is 2. The highest BCUT2D eigenvalue weighted by molar-refractivity contribution is 5.66. The minimum atomic E-state index is -0.225. The maximum Gasteiger partial charge on any atom is 0.303 e. The molecule has 1 aliphatic rings. The van der Waals surface area contributed by atoms with Crippen LogP contribution < -0.4 is 0 Å². The summed E-state index contributed by atoms with van der Waals surface area (Å²) in [6, 6.07) is 0. The van der Waals surface area contributed by atoms with Gasteiger partial charge >= 0.3 is 5.97 Å². The van der Waals surface area contributed by atoms with Gasteiger partial charge in [-0.2, -0.15) is 0 Å². The third-order valence-electron chi connectivity index (χ3n) is 2.65. The van der Waals surface area contributed by atoms with E-state index >= 15 is 0 Å². The largest absolute Gasteiger partial charge is 0.457 e. The summed E-state index contributed by atoms with van der Waals surface area (Å²) in [7, 11) is 0. The minimum absolute atomic E-state index is 0.0829. The second kappa shape index (κ2) is 3.36. The second-order valence-electron chi connectivity index (χ2n) is 3.99. The lowest BCUT2D eigenvalue weighted by Crippen LogP contribution is -2.34. The zero-order valence-corrected chi connectivity index (χ0v) is 8.63. The summed E-state index contributed by atoms with van der Waals surface area (Å²) in [4.78, 5) is 10.8. The van der Waals surface area contributed by atoms with Gasteiger partial charge in [-0.05, 0) is 13.0 Å². The van der Waals surface area contributed by atoms with Gasteiger partial charge in [-0.25, -0.2) is 0 Å². The van der Waals surface area contributed by atoms with E-state index in [1.807, 2.05) is 12.2 Å². The van der Waals surface area contributed by atoms with Crippen molar-refractivity contribution in [3.63, 3.8) is 0 Å². The van der Waals surface area contributed by atoms with E-state index in [-0.39, 0.29) is 17.5 Å². The van der Waals surface area contributed by atoms with E-state index in [0.29, 0.717) is 0 Å². The van der Waals surface area contributed by atoms with E-state index in [2.05, 4.69) is 26.8 Å². The maximum atomic E-state index is 10.8. The summed E-state index contributed by atoms with van der Waals surface area (Å²) < 4.78 is 5.21. The van der Waals surface area contributed by atoms with Gasteiger partial charge in [0.15, 0.2) is 0 Å². The van der Waals surface area contributed by atoms with Crippen molar-refractivity contribution in [3.8, 4) is 0 Å². The molecule has 2 nitrogen and oxygen atoms in total. The lowest BCUT2D eigenvalue weighted by atomic mass is 9.77. The lowest BCUT2D eigenvalue weighted by Gasteiger charge is -2.34. The fourth-order valence-corrected chi connectivity index (χ4v) is 1.35. The number of carbonyl (C=O) groups is 1. The number of esters is 1. The number of hydrogen-bond acceptors (Lipinski definition) is 2. The van der Waals surface area contributed by atoms with E-state index in [0.717, 1.165) is 0 Å². The molecule has 0 aromatic heterocycles.